The van der Waals surface area contributed by atoms with E-state index in [2.05, 4.69) is 13.1 Å². The smallest absolute Gasteiger partial charge is 0.0770 e. The molecule has 0 aliphatic heterocycles. The lowest BCUT2D eigenvalue weighted by Gasteiger charge is -2.09. The number of aliphatic hydroxyl groups excluding tert-OH is 1. The molecule has 0 fully saturated rings. The molecule has 2 nitrogen and oxygen atoms in total. The molecule has 0 bridgehead atoms. The van der Waals surface area contributed by atoms with Gasteiger partial charge in [-0.3, -0.25) is 0 Å². The lowest BCUT2D eigenvalue weighted by Crippen LogP contribution is -2.19. The van der Waals surface area contributed by atoms with Crippen LogP contribution in [0.4, 0.5) is 0 Å². The molecule has 3 heteroatoms. The molecule has 1 unspecified atom stereocenters. The predicted octanol–water partition coefficient (Wildman–Crippen LogP) is 0.800. The minimum Gasteiger partial charge on any atom is -0.391 e. The molecule has 0 saturated heterocycles. The van der Waals surface area contributed by atoms with Gasteiger partial charge in [0.05, 0.1) is 21.5 Å². The van der Waals surface area contributed by atoms with Crippen molar-refractivity contribution in [1.82, 2.24) is 0 Å². The Morgan fingerprint density at radius 3 is 2.50 bits per heavy atom. The standard InChI is InChI=1S/C7H18O2Si/c1-4-7(8)5-9-6-10(2)3/h7-8,10H,4-6H2,1-3H3. The first-order valence-electron chi connectivity index (χ1n) is 3.92. The third-order valence-corrected chi connectivity index (χ3v) is 2.14. The fourth-order valence-corrected chi connectivity index (χ4v) is 1.17. The van der Waals surface area contributed by atoms with Crippen LogP contribution in [0.3, 0.4) is 0 Å². The van der Waals surface area contributed by atoms with E-state index in [0.29, 0.717) is 6.61 Å². The number of hydrogen-bond donors (Lipinski definition) is 1. The van der Waals surface area contributed by atoms with Crippen LogP contribution in [-0.4, -0.2) is 32.8 Å². The zero-order valence-electron chi connectivity index (χ0n) is 7.13. The third kappa shape index (κ3) is 6.26. The second kappa shape index (κ2) is 5.89. The van der Waals surface area contributed by atoms with Gasteiger partial charge in [0.25, 0.3) is 0 Å². The summed E-state index contributed by atoms with van der Waals surface area (Å²) in [7, 11) is -0.574. The van der Waals surface area contributed by atoms with Crippen LogP contribution in [0, 0.1) is 0 Å². The van der Waals surface area contributed by atoms with Gasteiger partial charge in [0.15, 0.2) is 0 Å². The van der Waals surface area contributed by atoms with E-state index in [0.717, 1.165) is 12.7 Å². The largest absolute Gasteiger partial charge is 0.391 e. The van der Waals surface area contributed by atoms with Gasteiger partial charge >= 0.3 is 0 Å². The van der Waals surface area contributed by atoms with Crippen LogP contribution in [0.1, 0.15) is 13.3 Å². The van der Waals surface area contributed by atoms with Crippen LogP contribution in [-0.2, 0) is 4.74 Å². The van der Waals surface area contributed by atoms with Crippen LogP contribution in [0.15, 0.2) is 0 Å². The Kier molecular flexibility index (Phi) is 5.97. The summed E-state index contributed by atoms with van der Waals surface area (Å²) >= 11 is 0. The van der Waals surface area contributed by atoms with E-state index in [1.54, 1.807) is 0 Å². The summed E-state index contributed by atoms with van der Waals surface area (Å²) in [4.78, 5) is 0. The molecule has 0 radical (unpaired) electrons. The Morgan fingerprint density at radius 2 is 2.10 bits per heavy atom. The van der Waals surface area contributed by atoms with Gasteiger partial charge in [-0.1, -0.05) is 20.0 Å². The molecule has 0 aliphatic rings. The van der Waals surface area contributed by atoms with Gasteiger partial charge in [-0.05, 0) is 6.42 Å². The van der Waals surface area contributed by atoms with E-state index in [4.69, 9.17) is 9.84 Å². The molecule has 0 spiro atoms. The van der Waals surface area contributed by atoms with Gasteiger partial charge < -0.3 is 9.84 Å². The molecule has 10 heavy (non-hydrogen) atoms. The predicted molar refractivity (Wildman–Crippen MR) is 46.0 cm³/mol. The van der Waals surface area contributed by atoms with Crippen molar-refractivity contribution in [2.24, 2.45) is 0 Å². The van der Waals surface area contributed by atoms with Crippen LogP contribution >= 0.6 is 0 Å². The molecule has 0 saturated carbocycles. The number of hydrogen-bond acceptors (Lipinski definition) is 2. The summed E-state index contributed by atoms with van der Waals surface area (Å²) in [6.45, 7) is 6.94. The molecule has 1 N–H and O–H groups in total. The fraction of sp³-hybridized carbons (Fsp3) is 1.00. The van der Waals surface area contributed by atoms with Crippen molar-refractivity contribution in [3.8, 4) is 0 Å². The molecular formula is C7H18O2Si. The highest BCUT2D eigenvalue weighted by Crippen LogP contribution is 1.91. The first-order valence-corrected chi connectivity index (χ1v) is 7.05. The Balaban J connectivity index is 3.03. The van der Waals surface area contributed by atoms with Crippen LogP contribution in [0.5, 0.6) is 0 Å². The molecule has 0 aliphatic carbocycles. The first-order chi connectivity index (χ1) is 4.66. The van der Waals surface area contributed by atoms with Crippen molar-refractivity contribution < 1.29 is 9.84 Å². The van der Waals surface area contributed by atoms with Gasteiger partial charge in [0.2, 0.25) is 0 Å². The van der Waals surface area contributed by atoms with Crippen LogP contribution in [0.2, 0.25) is 13.1 Å². The highest BCUT2D eigenvalue weighted by atomic mass is 28.3. The van der Waals surface area contributed by atoms with Gasteiger partial charge in [-0.2, -0.15) is 0 Å². The molecule has 0 aromatic heterocycles. The van der Waals surface area contributed by atoms with Crippen molar-refractivity contribution in [2.75, 3.05) is 12.8 Å². The van der Waals surface area contributed by atoms with Gasteiger partial charge in [0, 0.05) is 6.23 Å². The van der Waals surface area contributed by atoms with Crippen molar-refractivity contribution in [3.05, 3.63) is 0 Å². The van der Waals surface area contributed by atoms with E-state index in [1.165, 1.54) is 0 Å². The van der Waals surface area contributed by atoms with E-state index in [-0.39, 0.29) is 6.10 Å². The summed E-state index contributed by atoms with van der Waals surface area (Å²) in [6, 6.07) is 0. The zero-order chi connectivity index (χ0) is 7.98. The number of aliphatic hydroxyl groups is 1. The molecule has 0 rings (SSSR count). The maximum atomic E-state index is 9.06. The number of ether oxygens (including phenoxy) is 1. The SMILES string of the molecule is CCC(O)COC[SiH](C)C. The summed E-state index contributed by atoms with van der Waals surface area (Å²) in [6.07, 6.45) is 1.42. The molecule has 62 valence electrons. The summed E-state index contributed by atoms with van der Waals surface area (Å²) < 4.78 is 5.26. The average molecular weight is 162 g/mol. The third-order valence-electron chi connectivity index (χ3n) is 1.23. The zero-order valence-corrected chi connectivity index (χ0v) is 8.29. The van der Waals surface area contributed by atoms with Crippen molar-refractivity contribution >= 4 is 8.80 Å². The second-order valence-corrected chi connectivity index (χ2v) is 6.11. The van der Waals surface area contributed by atoms with Crippen molar-refractivity contribution in [3.63, 3.8) is 0 Å². The molecule has 0 aromatic rings. The molecule has 0 amide bonds. The maximum absolute atomic E-state index is 9.06. The number of rotatable bonds is 5. The minimum absolute atomic E-state index is 0.257. The summed E-state index contributed by atoms with van der Waals surface area (Å²) in [5, 5.41) is 9.06. The summed E-state index contributed by atoms with van der Waals surface area (Å²) in [5.74, 6) is 0. The maximum Gasteiger partial charge on any atom is 0.0770 e. The lowest BCUT2D eigenvalue weighted by atomic mass is 10.3. The molecular weight excluding hydrogens is 144 g/mol. The van der Waals surface area contributed by atoms with Crippen LogP contribution < -0.4 is 0 Å². The Labute approximate surface area is 64.8 Å². The lowest BCUT2D eigenvalue weighted by molar-refractivity contribution is 0.0529. The van der Waals surface area contributed by atoms with Crippen LogP contribution in [0.25, 0.3) is 0 Å². The van der Waals surface area contributed by atoms with Crippen molar-refractivity contribution in [2.45, 2.75) is 32.5 Å². The fourth-order valence-electron chi connectivity index (χ4n) is 0.558. The van der Waals surface area contributed by atoms with Gasteiger partial charge in [0.1, 0.15) is 0 Å². The minimum atomic E-state index is -0.574. The highest BCUT2D eigenvalue weighted by Gasteiger charge is 2.01. The Bertz CT molecular complexity index is 76.0. The highest BCUT2D eigenvalue weighted by molar-refractivity contribution is 6.55. The normalized spacial score (nSPS) is 14.1. The Morgan fingerprint density at radius 1 is 1.50 bits per heavy atom. The van der Waals surface area contributed by atoms with Gasteiger partial charge in [-0.25, -0.2) is 0 Å². The first kappa shape index (κ1) is 10.1. The van der Waals surface area contributed by atoms with E-state index < -0.39 is 8.80 Å². The second-order valence-electron chi connectivity index (χ2n) is 2.99. The van der Waals surface area contributed by atoms with E-state index in [9.17, 15) is 0 Å². The monoisotopic (exact) mass is 162 g/mol. The topological polar surface area (TPSA) is 29.5 Å². The quantitative estimate of drug-likeness (QED) is 0.606. The van der Waals surface area contributed by atoms with Gasteiger partial charge in [-0.15, -0.1) is 0 Å². The molecule has 0 aromatic carbocycles. The molecule has 1 atom stereocenters. The average Bonchev–Trinajstić information content (AvgIpc) is 1.87. The van der Waals surface area contributed by atoms with Crippen molar-refractivity contribution in [1.29, 1.82) is 0 Å². The van der Waals surface area contributed by atoms with E-state index >= 15 is 0 Å². The van der Waals surface area contributed by atoms with E-state index in [1.807, 2.05) is 6.92 Å². The molecule has 0 heterocycles. The Hall–Kier alpha value is 0.137. The summed E-state index contributed by atoms with van der Waals surface area (Å²) in [5.41, 5.74) is 0.